The van der Waals surface area contributed by atoms with Crippen molar-refractivity contribution in [3.63, 3.8) is 0 Å². The van der Waals surface area contributed by atoms with Gasteiger partial charge in [0.25, 0.3) is 0 Å². The van der Waals surface area contributed by atoms with E-state index in [1.165, 1.54) is 19.4 Å². The molecule has 88 valence electrons. The van der Waals surface area contributed by atoms with E-state index < -0.39 is 0 Å². The minimum Gasteiger partial charge on any atom is -0.239 e. The van der Waals surface area contributed by atoms with Gasteiger partial charge in [-0.15, -0.1) is 22.7 Å². The Morgan fingerprint density at radius 3 is 2.35 bits per heavy atom. The molecule has 0 aliphatic heterocycles. The van der Waals surface area contributed by atoms with Gasteiger partial charge < -0.3 is 0 Å². The van der Waals surface area contributed by atoms with Crippen LogP contribution in [0.3, 0.4) is 0 Å². The summed E-state index contributed by atoms with van der Waals surface area (Å²) in [5.74, 6) is 0.492. The highest BCUT2D eigenvalue weighted by Crippen LogP contribution is 2.34. The fourth-order valence-electron chi connectivity index (χ4n) is 1.84. The predicted octanol–water partition coefficient (Wildman–Crippen LogP) is 4.59. The molecule has 0 fully saturated rings. The largest absolute Gasteiger partial charge is 0.239 e. The lowest BCUT2D eigenvalue weighted by atomic mass is 10.2. The van der Waals surface area contributed by atoms with E-state index >= 15 is 0 Å². The molecule has 0 radical (unpaired) electrons. The van der Waals surface area contributed by atoms with E-state index in [-0.39, 0.29) is 0 Å². The maximum absolute atomic E-state index is 4.75. The van der Waals surface area contributed by atoms with Gasteiger partial charge in [0.1, 0.15) is 11.0 Å². The molecule has 1 aromatic carbocycles. The normalized spacial score (nSPS) is 12.0. The van der Waals surface area contributed by atoms with Crippen molar-refractivity contribution in [2.75, 3.05) is 0 Å². The average Bonchev–Trinajstić information content (AvgIpc) is 2.91. The van der Waals surface area contributed by atoms with Crippen LogP contribution in [0, 0.1) is 0 Å². The van der Waals surface area contributed by atoms with Crippen LogP contribution in [0.5, 0.6) is 0 Å². The smallest absolute Gasteiger partial charge is 0.109 e. The van der Waals surface area contributed by atoms with Gasteiger partial charge in [-0.3, -0.25) is 0 Å². The average molecular weight is 262 g/mol. The van der Waals surface area contributed by atoms with Gasteiger partial charge in [0, 0.05) is 5.92 Å². The summed E-state index contributed by atoms with van der Waals surface area (Å²) >= 11 is 3.57. The van der Waals surface area contributed by atoms with E-state index in [4.69, 9.17) is 9.97 Å². The fraction of sp³-hybridized carbons (Fsp3) is 0.385. The minimum absolute atomic E-state index is 0.492. The number of fused-ring (bicyclic) bond motifs is 3. The fourth-order valence-corrected chi connectivity index (χ4v) is 3.72. The third kappa shape index (κ3) is 1.76. The topological polar surface area (TPSA) is 25.8 Å². The van der Waals surface area contributed by atoms with Gasteiger partial charge in [-0.25, -0.2) is 9.97 Å². The van der Waals surface area contributed by atoms with E-state index in [9.17, 15) is 0 Å². The van der Waals surface area contributed by atoms with Crippen molar-refractivity contribution in [1.82, 2.24) is 9.97 Å². The lowest BCUT2D eigenvalue weighted by Gasteiger charge is -1.94. The third-order valence-electron chi connectivity index (χ3n) is 2.77. The Hall–Kier alpha value is -1.00. The lowest BCUT2D eigenvalue weighted by Crippen LogP contribution is -1.83. The van der Waals surface area contributed by atoms with Gasteiger partial charge in [0.2, 0.25) is 0 Å². The maximum Gasteiger partial charge on any atom is 0.109 e. The molecule has 0 N–H and O–H groups in total. The Balaban J connectivity index is 2.33. The van der Waals surface area contributed by atoms with Crippen LogP contribution in [-0.4, -0.2) is 9.97 Å². The highest BCUT2D eigenvalue weighted by molar-refractivity contribution is 7.20. The number of aromatic nitrogens is 2. The first-order chi connectivity index (χ1) is 8.19. The first kappa shape index (κ1) is 11.1. The molecular formula is C13H14N2S2. The summed E-state index contributed by atoms with van der Waals surface area (Å²) in [5.41, 5.74) is 2.18. The van der Waals surface area contributed by atoms with Crippen molar-refractivity contribution in [3.05, 3.63) is 22.1 Å². The third-order valence-corrected chi connectivity index (χ3v) is 5.26. The van der Waals surface area contributed by atoms with Gasteiger partial charge in [-0.05, 0) is 18.6 Å². The molecule has 0 saturated heterocycles. The highest BCUT2D eigenvalue weighted by atomic mass is 32.1. The van der Waals surface area contributed by atoms with Crippen LogP contribution in [-0.2, 0) is 6.42 Å². The molecule has 2 heterocycles. The molecule has 17 heavy (non-hydrogen) atoms. The Labute approximate surface area is 108 Å². The van der Waals surface area contributed by atoms with Crippen molar-refractivity contribution >= 4 is 43.1 Å². The second-order valence-electron chi connectivity index (χ2n) is 4.43. The number of aryl methyl sites for hydroxylation is 1. The van der Waals surface area contributed by atoms with Crippen LogP contribution in [0.25, 0.3) is 20.4 Å². The molecule has 0 unspecified atom stereocenters. The SMILES string of the molecule is CCc1nc2c(ccc3sc(C(C)C)nc32)s1. The molecular weight excluding hydrogens is 248 g/mol. The van der Waals surface area contributed by atoms with Gasteiger partial charge in [0.15, 0.2) is 0 Å². The number of hydrogen-bond acceptors (Lipinski definition) is 4. The molecule has 0 amide bonds. The maximum atomic E-state index is 4.75. The Kier molecular flexibility index (Phi) is 2.64. The molecule has 0 saturated carbocycles. The molecule has 3 aromatic rings. The molecule has 0 aliphatic carbocycles. The Bertz CT molecular complexity index is 679. The van der Waals surface area contributed by atoms with Crippen molar-refractivity contribution in [1.29, 1.82) is 0 Å². The zero-order valence-electron chi connectivity index (χ0n) is 10.2. The predicted molar refractivity (Wildman–Crippen MR) is 76.3 cm³/mol. The Morgan fingerprint density at radius 1 is 1.06 bits per heavy atom. The molecule has 2 nitrogen and oxygen atoms in total. The molecule has 0 spiro atoms. The molecule has 0 bridgehead atoms. The highest BCUT2D eigenvalue weighted by Gasteiger charge is 2.12. The number of nitrogens with zero attached hydrogens (tertiary/aromatic N) is 2. The van der Waals surface area contributed by atoms with Crippen molar-refractivity contribution in [3.8, 4) is 0 Å². The number of thiazole rings is 2. The summed E-state index contributed by atoms with van der Waals surface area (Å²) in [6.07, 6.45) is 1.00. The monoisotopic (exact) mass is 262 g/mol. The second kappa shape index (κ2) is 4.03. The van der Waals surface area contributed by atoms with Crippen LogP contribution in [0.15, 0.2) is 12.1 Å². The molecule has 4 heteroatoms. The van der Waals surface area contributed by atoms with Crippen LogP contribution in [0.4, 0.5) is 0 Å². The van der Waals surface area contributed by atoms with E-state index in [1.54, 1.807) is 22.7 Å². The zero-order chi connectivity index (χ0) is 12.0. The summed E-state index contributed by atoms with van der Waals surface area (Å²) in [7, 11) is 0. The van der Waals surface area contributed by atoms with Crippen molar-refractivity contribution < 1.29 is 0 Å². The first-order valence-corrected chi connectivity index (χ1v) is 7.51. The van der Waals surface area contributed by atoms with E-state index in [0.29, 0.717) is 5.92 Å². The number of benzene rings is 1. The molecule has 3 rings (SSSR count). The van der Waals surface area contributed by atoms with E-state index in [1.807, 2.05) is 0 Å². The summed E-state index contributed by atoms with van der Waals surface area (Å²) in [6.45, 7) is 6.52. The minimum atomic E-state index is 0.492. The summed E-state index contributed by atoms with van der Waals surface area (Å²) < 4.78 is 2.52. The zero-order valence-corrected chi connectivity index (χ0v) is 11.8. The van der Waals surface area contributed by atoms with Gasteiger partial charge in [0.05, 0.1) is 19.4 Å². The van der Waals surface area contributed by atoms with Crippen LogP contribution in [0.2, 0.25) is 0 Å². The lowest BCUT2D eigenvalue weighted by molar-refractivity contribution is 0.857. The standard InChI is InChI=1S/C13H14N2S2/c1-4-10-14-11-8(16-10)5-6-9-12(11)15-13(17-9)7(2)3/h5-7H,4H2,1-3H3. The number of hydrogen-bond donors (Lipinski definition) is 0. The van der Waals surface area contributed by atoms with Crippen LogP contribution >= 0.6 is 22.7 Å². The summed E-state index contributed by atoms with van der Waals surface area (Å²) in [4.78, 5) is 9.45. The van der Waals surface area contributed by atoms with Gasteiger partial charge >= 0.3 is 0 Å². The summed E-state index contributed by atoms with van der Waals surface area (Å²) in [5, 5.41) is 2.41. The van der Waals surface area contributed by atoms with E-state index in [2.05, 4.69) is 32.9 Å². The molecule has 2 aromatic heterocycles. The Morgan fingerprint density at radius 2 is 1.71 bits per heavy atom. The number of rotatable bonds is 2. The molecule has 0 atom stereocenters. The van der Waals surface area contributed by atoms with Crippen LogP contribution in [0.1, 0.15) is 36.7 Å². The van der Waals surface area contributed by atoms with Gasteiger partial charge in [-0.2, -0.15) is 0 Å². The van der Waals surface area contributed by atoms with Crippen molar-refractivity contribution in [2.24, 2.45) is 0 Å². The molecule has 0 aliphatic rings. The second-order valence-corrected chi connectivity index (χ2v) is 6.60. The van der Waals surface area contributed by atoms with Crippen LogP contribution < -0.4 is 0 Å². The van der Waals surface area contributed by atoms with Gasteiger partial charge in [-0.1, -0.05) is 20.8 Å². The summed E-state index contributed by atoms with van der Waals surface area (Å²) in [6, 6.07) is 4.36. The quantitative estimate of drug-likeness (QED) is 0.675. The first-order valence-electron chi connectivity index (χ1n) is 5.88. The van der Waals surface area contributed by atoms with Crippen molar-refractivity contribution in [2.45, 2.75) is 33.1 Å². The van der Waals surface area contributed by atoms with E-state index in [0.717, 1.165) is 17.5 Å².